The third-order valence-corrected chi connectivity index (χ3v) is 4.83. The minimum absolute atomic E-state index is 0.0583. The van der Waals surface area contributed by atoms with Crippen molar-refractivity contribution < 1.29 is 9.53 Å². The fraction of sp³-hybridized carbons (Fsp3) is 0.381. The molecule has 1 aliphatic rings. The summed E-state index contributed by atoms with van der Waals surface area (Å²) in [5, 5.41) is 7.07. The first kappa shape index (κ1) is 18.7. The van der Waals surface area contributed by atoms with Crippen LogP contribution in [0.15, 0.2) is 48.5 Å². The lowest BCUT2D eigenvalue weighted by Crippen LogP contribution is -2.27. The van der Waals surface area contributed by atoms with Gasteiger partial charge in [0.1, 0.15) is 12.4 Å². The van der Waals surface area contributed by atoms with Gasteiger partial charge in [0.05, 0.1) is 6.42 Å². The van der Waals surface area contributed by atoms with Crippen LogP contribution in [0.1, 0.15) is 24.0 Å². The standard InChI is InChI=1S/C21H25ClN2O2/c22-19-5-1-4-18(11-19)15-26-20-6-2-3-17(12-20)13-21(25)24-10-8-16-7-9-23-14-16/h1-6,11-12,16,23H,7-10,13-15H2,(H,24,25). The Kier molecular flexibility index (Phi) is 6.92. The van der Waals surface area contributed by atoms with Gasteiger partial charge in [0.15, 0.2) is 0 Å². The van der Waals surface area contributed by atoms with E-state index in [1.807, 2.05) is 48.5 Å². The molecule has 26 heavy (non-hydrogen) atoms. The highest BCUT2D eigenvalue weighted by molar-refractivity contribution is 6.30. The molecule has 1 aliphatic heterocycles. The number of rotatable bonds is 8. The van der Waals surface area contributed by atoms with E-state index in [0.29, 0.717) is 24.0 Å². The number of benzene rings is 2. The zero-order valence-electron chi connectivity index (χ0n) is 14.8. The van der Waals surface area contributed by atoms with E-state index in [2.05, 4.69) is 10.6 Å². The van der Waals surface area contributed by atoms with Gasteiger partial charge in [-0.1, -0.05) is 35.9 Å². The van der Waals surface area contributed by atoms with Gasteiger partial charge in [0, 0.05) is 11.6 Å². The Balaban J connectivity index is 1.44. The summed E-state index contributed by atoms with van der Waals surface area (Å²) in [5.41, 5.74) is 1.97. The van der Waals surface area contributed by atoms with Gasteiger partial charge in [-0.15, -0.1) is 0 Å². The summed E-state index contributed by atoms with van der Waals surface area (Å²) in [6.07, 6.45) is 2.63. The van der Waals surface area contributed by atoms with Crippen LogP contribution in [0, 0.1) is 5.92 Å². The van der Waals surface area contributed by atoms with Crippen LogP contribution in [0.2, 0.25) is 5.02 Å². The number of carbonyl (C=O) groups is 1. The number of hydrogen-bond acceptors (Lipinski definition) is 3. The van der Waals surface area contributed by atoms with Gasteiger partial charge < -0.3 is 15.4 Å². The van der Waals surface area contributed by atoms with E-state index in [9.17, 15) is 4.79 Å². The molecule has 1 atom stereocenters. The van der Waals surface area contributed by atoms with E-state index < -0.39 is 0 Å². The highest BCUT2D eigenvalue weighted by Gasteiger charge is 2.14. The van der Waals surface area contributed by atoms with E-state index in [-0.39, 0.29) is 5.91 Å². The largest absolute Gasteiger partial charge is 0.489 e. The molecule has 0 saturated carbocycles. The SMILES string of the molecule is O=C(Cc1cccc(OCc2cccc(Cl)c2)c1)NCCC1CCNC1. The molecule has 5 heteroatoms. The average molecular weight is 373 g/mol. The fourth-order valence-electron chi connectivity index (χ4n) is 3.16. The molecule has 1 fully saturated rings. The lowest BCUT2D eigenvalue weighted by Gasteiger charge is -2.10. The smallest absolute Gasteiger partial charge is 0.224 e. The molecular formula is C21H25ClN2O2. The Labute approximate surface area is 159 Å². The predicted octanol–water partition coefficient (Wildman–Crippen LogP) is 3.58. The highest BCUT2D eigenvalue weighted by atomic mass is 35.5. The number of hydrogen-bond donors (Lipinski definition) is 2. The van der Waals surface area contributed by atoms with E-state index in [0.717, 1.165) is 42.9 Å². The summed E-state index contributed by atoms with van der Waals surface area (Å²) < 4.78 is 5.82. The van der Waals surface area contributed by atoms with E-state index in [4.69, 9.17) is 16.3 Å². The van der Waals surface area contributed by atoms with E-state index in [1.54, 1.807) is 0 Å². The van der Waals surface area contributed by atoms with Crippen LogP contribution in [0.25, 0.3) is 0 Å². The molecule has 2 aromatic carbocycles. The summed E-state index contributed by atoms with van der Waals surface area (Å²) in [4.78, 5) is 12.1. The van der Waals surface area contributed by atoms with Gasteiger partial charge in [0.25, 0.3) is 0 Å². The molecule has 2 N–H and O–H groups in total. The second kappa shape index (κ2) is 9.60. The topological polar surface area (TPSA) is 50.4 Å². The second-order valence-electron chi connectivity index (χ2n) is 6.74. The van der Waals surface area contributed by atoms with Crippen LogP contribution >= 0.6 is 11.6 Å². The lowest BCUT2D eigenvalue weighted by atomic mass is 10.1. The molecule has 1 saturated heterocycles. The Morgan fingerprint density at radius 3 is 2.85 bits per heavy atom. The van der Waals surface area contributed by atoms with Gasteiger partial charge >= 0.3 is 0 Å². The maximum absolute atomic E-state index is 12.1. The van der Waals surface area contributed by atoms with Crippen LogP contribution in [-0.2, 0) is 17.8 Å². The van der Waals surface area contributed by atoms with E-state index >= 15 is 0 Å². The zero-order valence-corrected chi connectivity index (χ0v) is 15.6. The van der Waals surface area contributed by atoms with Crippen LogP contribution in [0.5, 0.6) is 5.75 Å². The minimum Gasteiger partial charge on any atom is -0.489 e. The average Bonchev–Trinajstić information content (AvgIpc) is 3.14. The van der Waals surface area contributed by atoms with E-state index in [1.165, 1.54) is 6.42 Å². The first-order valence-corrected chi connectivity index (χ1v) is 9.50. The molecule has 0 bridgehead atoms. The Morgan fingerprint density at radius 1 is 1.19 bits per heavy atom. The molecule has 0 aromatic heterocycles. The van der Waals surface area contributed by atoms with Gasteiger partial charge in [0.2, 0.25) is 5.91 Å². The first-order valence-electron chi connectivity index (χ1n) is 9.12. The molecule has 3 rings (SSSR count). The Hall–Kier alpha value is -2.04. The molecular weight excluding hydrogens is 348 g/mol. The van der Waals surface area contributed by atoms with Crippen LogP contribution in [0.3, 0.4) is 0 Å². The molecule has 4 nitrogen and oxygen atoms in total. The lowest BCUT2D eigenvalue weighted by molar-refractivity contribution is -0.120. The van der Waals surface area contributed by atoms with Crippen molar-refractivity contribution in [2.75, 3.05) is 19.6 Å². The molecule has 1 heterocycles. The molecule has 1 amide bonds. The number of carbonyl (C=O) groups excluding carboxylic acids is 1. The van der Waals surface area contributed by atoms with Crippen molar-refractivity contribution in [1.82, 2.24) is 10.6 Å². The third kappa shape index (κ3) is 6.04. The highest BCUT2D eigenvalue weighted by Crippen LogP contribution is 2.17. The van der Waals surface area contributed by atoms with Crippen LogP contribution < -0.4 is 15.4 Å². The summed E-state index contributed by atoms with van der Waals surface area (Å²) >= 11 is 5.99. The van der Waals surface area contributed by atoms with Crippen molar-refractivity contribution in [3.63, 3.8) is 0 Å². The minimum atomic E-state index is 0.0583. The molecule has 0 aliphatic carbocycles. The van der Waals surface area contributed by atoms with Crippen LogP contribution in [0.4, 0.5) is 0 Å². The Morgan fingerprint density at radius 2 is 2.04 bits per heavy atom. The van der Waals surface area contributed by atoms with Gasteiger partial charge in [-0.2, -0.15) is 0 Å². The van der Waals surface area contributed by atoms with Crippen molar-refractivity contribution in [3.8, 4) is 5.75 Å². The second-order valence-corrected chi connectivity index (χ2v) is 7.18. The monoisotopic (exact) mass is 372 g/mol. The molecule has 138 valence electrons. The molecule has 2 aromatic rings. The predicted molar refractivity (Wildman–Crippen MR) is 105 cm³/mol. The molecule has 0 spiro atoms. The summed E-state index contributed by atoms with van der Waals surface area (Å²) in [6, 6.07) is 15.3. The quantitative estimate of drug-likeness (QED) is 0.744. The van der Waals surface area contributed by atoms with Crippen molar-refractivity contribution in [1.29, 1.82) is 0 Å². The number of amides is 1. The van der Waals surface area contributed by atoms with Crippen molar-refractivity contribution in [2.24, 2.45) is 5.92 Å². The van der Waals surface area contributed by atoms with Gasteiger partial charge in [-0.05, 0) is 67.2 Å². The number of halogens is 1. The number of nitrogens with one attached hydrogen (secondary N) is 2. The number of ether oxygens (including phenoxy) is 1. The zero-order chi connectivity index (χ0) is 18.2. The summed E-state index contributed by atoms with van der Waals surface area (Å²) in [7, 11) is 0. The maximum Gasteiger partial charge on any atom is 0.224 e. The Bertz CT molecular complexity index is 729. The van der Waals surface area contributed by atoms with Crippen LogP contribution in [-0.4, -0.2) is 25.5 Å². The van der Waals surface area contributed by atoms with Gasteiger partial charge in [-0.3, -0.25) is 4.79 Å². The normalized spacial score (nSPS) is 16.4. The summed E-state index contributed by atoms with van der Waals surface area (Å²) in [6.45, 7) is 3.37. The van der Waals surface area contributed by atoms with Gasteiger partial charge in [-0.25, -0.2) is 0 Å². The molecule has 1 unspecified atom stereocenters. The van der Waals surface area contributed by atoms with Crippen molar-refractivity contribution in [3.05, 3.63) is 64.7 Å². The first-order chi connectivity index (χ1) is 12.7. The van der Waals surface area contributed by atoms with Crippen molar-refractivity contribution in [2.45, 2.75) is 25.9 Å². The summed E-state index contributed by atoms with van der Waals surface area (Å²) in [5.74, 6) is 1.51. The fourth-order valence-corrected chi connectivity index (χ4v) is 3.38. The third-order valence-electron chi connectivity index (χ3n) is 4.59. The maximum atomic E-state index is 12.1. The van der Waals surface area contributed by atoms with Crippen molar-refractivity contribution >= 4 is 17.5 Å². The molecule has 0 radical (unpaired) electrons.